The largest absolute Gasteiger partial charge is 0.590 e. The van der Waals surface area contributed by atoms with Crippen LogP contribution in [0, 0.1) is 6.92 Å². The lowest BCUT2D eigenvalue weighted by Crippen LogP contribution is -2.10. The van der Waals surface area contributed by atoms with Gasteiger partial charge in [0.15, 0.2) is 0 Å². The number of para-hydroxylation sites is 2. The lowest BCUT2D eigenvalue weighted by Gasteiger charge is -2.21. The minimum absolute atomic E-state index is 0.0892. The number of rotatable bonds is 14. The standard InChI is InChI=1S/C34H37O6P/c1-5-6-9-14-27-22-32(35)34(31-21-26(4)19-20-30(31)25(2)3)33(23-27)37-24-38-41(36,39-28-15-10-7-11-16-28)40-29-17-12-8-13-18-29/h7-8,10-13,15-23,35H,2,5-6,9,14,24H2,1,3-4H3. The van der Waals surface area contributed by atoms with E-state index in [1.165, 1.54) is 0 Å². The molecule has 214 valence electrons. The number of benzene rings is 4. The van der Waals surface area contributed by atoms with Gasteiger partial charge in [-0.1, -0.05) is 92.1 Å². The van der Waals surface area contributed by atoms with Crippen molar-refractivity contribution in [3.8, 4) is 34.1 Å². The van der Waals surface area contributed by atoms with Crippen LogP contribution in [0.15, 0.2) is 97.6 Å². The molecule has 0 bridgehead atoms. The van der Waals surface area contributed by atoms with Crippen LogP contribution in [0.1, 0.15) is 49.8 Å². The van der Waals surface area contributed by atoms with Crippen LogP contribution in [0.2, 0.25) is 0 Å². The molecule has 0 saturated heterocycles. The van der Waals surface area contributed by atoms with Crippen LogP contribution in [-0.4, -0.2) is 11.9 Å². The molecule has 4 rings (SSSR count). The fourth-order valence-electron chi connectivity index (χ4n) is 4.45. The minimum Gasteiger partial charge on any atom is -0.507 e. The summed E-state index contributed by atoms with van der Waals surface area (Å²) in [6.45, 7) is 9.74. The number of unbranched alkanes of at least 4 members (excludes halogenated alkanes) is 2. The Morgan fingerprint density at radius 3 is 2.10 bits per heavy atom. The summed E-state index contributed by atoms with van der Waals surface area (Å²) in [5, 5.41) is 11.3. The zero-order valence-electron chi connectivity index (χ0n) is 23.8. The summed E-state index contributed by atoms with van der Waals surface area (Å²) < 4.78 is 37.0. The van der Waals surface area contributed by atoms with Gasteiger partial charge in [0.25, 0.3) is 0 Å². The van der Waals surface area contributed by atoms with Crippen molar-refractivity contribution in [2.75, 3.05) is 6.79 Å². The van der Waals surface area contributed by atoms with Crippen LogP contribution in [0.4, 0.5) is 0 Å². The zero-order chi connectivity index (χ0) is 29.2. The van der Waals surface area contributed by atoms with E-state index in [9.17, 15) is 9.67 Å². The maximum absolute atomic E-state index is 13.8. The Kier molecular flexibility index (Phi) is 10.3. The van der Waals surface area contributed by atoms with Crippen molar-refractivity contribution >= 4 is 13.4 Å². The Labute approximate surface area is 242 Å². The molecule has 0 aliphatic heterocycles. The lowest BCUT2D eigenvalue weighted by atomic mass is 9.91. The Morgan fingerprint density at radius 1 is 0.878 bits per heavy atom. The van der Waals surface area contributed by atoms with E-state index < -0.39 is 14.6 Å². The highest BCUT2D eigenvalue weighted by atomic mass is 31.2. The highest BCUT2D eigenvalue weighted by molar-refractivity contribution is 7.49. The Morgan fingerprint density at radius 2 is 1.51 bits per heavy atom. The van der Waals surface area contributed by atoms with Gasteiger partial charge in [0.05, 0.1) is 5.56 Å². The summed E-state index contributed by atoms with van der Waals surface area (Å²) in [5.41, 5.74) is 5.00. The third-order valence-corrected chi connectivity index (χ3v) is 7.75. The summed E-state index contributed by atoms with van der Waals surface area (Å²) >= 11 is 0. The highest BCUT2D eigenvalue weighted by Crippen LogP contribution is 2.50. The molecule has 0 heterocycles. The van der Waals surface area contributed by atoms with E-state index in [1.54, 1.807) is 54.6 Å². The molecule has 0 saturated carbocycles. The number of phosphoric acid groups is 1. The van der Waals surface area contributed by atoms with Crippen LogP contribution in [0.3, 0.4) is 0 Å². The average Bonchev–Trinajstić information content (AvgIpc) is 2.94. The second-order valence-electron chi connectivity index (χ2n) is 9.92. The summed E-state index contributed by atoms with van der Waals surface area (Å²) in [5.74, 6) is 1.14. The van der Waals surface area contributed by atoms with Crippen molar-refractivity contribution in [1.29, 1.82) is 0 Å². The van der Waals surface area contributed by atoms with Crippen molar-refractivity contribution in [3.05, 3.63) is 114 Å². The van der Waals surface area contributed by atoms with Gasteiger partial charge in [-0.05, 0) is 79.8 Å². The van der Waals surface area contributed by atoms with Crippen molar-refractivity contribution < 1.29 is 28.0 Å². The molecular weight excluding hydrogens is 535 g/mol. The minimum atomic E-state index is -4.17. The molecule has 6 nitrogen and oxygen atoms in total. The molecule has 0 amide bonds. The lowest BCUT2D eigenvalue weighted by molar-refractivity contribution is 0.0888. The smallest absolute Gasteiger partial charge is 0.507 e. The molecule has 41 heavy (non-hydrogen) atoms. The van der Waals surface area contributed by atoms with Crippen LogP contribution in [0.25, 0.3) is 16.7 Å². The SMILES string of the molecule is C=C(C)c1ccc(C)cc1-c1c(O)cc(CCCCC)cc1OCOP(=O)(Oc1ccccc1)Oc1ccccc1. The number of aromatic hydroxyl groups is 1. The number of hydrogen-bond donors (Lipinski definition) is 1. The first kappa shape index (κ1) is 30.0. The van der Waals surface area contributed by atoms with Gasteiger partial charge < -0.3 is 18.9 Å². The first-order valence-corrected chi connectivity index (χ1v) is 15.2. The summed E-state index contributed by atoms with van der Waals surface area (Å²) in [6.07, 6.45) is 3.94. The Bertz CT molecular complexity index is 1460. The van der Waals surface area contributed by atoms with Crippen LogP contribution >= 0.6 is 7.82 Å². The topological polar surface area (TPSA) is 74.2 Å². The molecule has 0 aliphatic carbocycles. The van der Waals surface area contributed by atoms with Crippen LogP contribution in [-0.2, 0) is 15.5 Å². The third kappa shape index (κ3) is 8.26. The fourth-order valence-corrected chi connectivity index (χ4v) is 5.53. The summed E-state index contributed by atoms with van der Waals surface area (Å²) in [6, 6.07) is 27.0. The molecule has 0 atom stereocenters. The number of aryl methyl sites for hydroxylation is 2. The van der Waals surface area contributed by atoms with E-state index in [4.69, 9.17) is 18.3 Å². The van der Waals surface area contributed by atoms with E-state index >= 15 is 0 Å². The van der Waals surface area contributed by atoms with Crippen molar-refractivity contribution in [1.82, 2.24) is 0 Å². The van der Waals surface area contributed by atoms with E-state index in [1.807, 2.05) is 50.2 Å². The normalized spacial score (nSPS) is 11.2. The van der Waals surface area contributed by atoms with Crippen LogP contribution < -0.4 is 13.8 Å². The molecular formula is C34H37O6P. The summed E-state index contributed by atoms with van der Waals surface area (Å²) in [7, 11) is -4.17. The maximum Gasteiger partial charge on any atom is 0.590 e. The maximum atomic E-state index is 13.8. The van der Waals surface area contributed by atoms with Crippen LogP contribution in [0.5, 0.6) is 23.0 Å². The van der Waals surface area contributed by atoms with Gasteiger partial charge in [-0.2, -0.15) is 0 Å². The monoisotopic (exact) mass is 572 g/mol. The molecule has 0 unspecified atom stereocenters. The second-order valence-corrected chi connectivity index (χ2v) is 11.4. The number of ether oxygens (including phenoxy) is 1. The predicted molar refractivity (Wildman–Crippen MR) is 165 cm³/mol. The first-order chi connectivity index (χ1) is 19.8. The number of phenols is 1. The number of phosphoric ester groups is 1. The third-order valence-electron chi connectivity index (χ3n) is 6.46. The average molecular weight is 573 g/mol. The second kappa shape index (κ2) is 14.1. The van der Waals surface area contributed by atoms with Gasteiger partial charge >= 0.3 is 7.82 Å². The molecule has 0 aliphatic rings. The summed E-state index contributed by atoms with van der Waals surface area (Å²) in [4.78, 5) is 0. The molecule has 1 N–H and O–H groups in total. The molecule has 0 radical (unpaired) electrons. The molecule has 4 aromatic rings. The van der Waals surface area contributed by atoms with Crippen molar-refractivity contribution in [2.24, 2.45) is 0 Å². The van der Waals surface area contributed by atoms with Gasteiger partial charge in [-0.15, -0.1) is 0 Å². The quantitative estimate of drug-likeness (QED) is 0.0921. The van der Waals surface area contributed by atoms with E-state index in [0.717, 1.165) is 53.5 Å². The molecule has 7 heteroatoms. The van der Waals surface area contributed by atoms with E-state index in [-0.39, 0.29) is 5.75 Å². The molecule has 4 aromatic carbocycles. The Balaban J connectivity index is 1.66. The van der Waals surface area contributed by atoms with Gasteiger partial charge in [0, 0.05) is 0 Å². The van der Waals surface area contributed by atoms with Crippen molar-refractivity contribution in [3.63, 3.8) is 0 Å². The number of phenolic OH excluding ortho intramolecular Hbond substituents is 1. The molecule has 0 fully saturated rings. The molecule has 0 spiro atoms. The van der Waals surface area contributed by atoms with E-state index in [0.29, 0.717) is 22.8 Å². The van der Waals surface area contributed by atoms with Gasteiger partial charge in [0.2, 0.25) is 6.79 Å². The van der Waals surface area contributed by atoms with Gasteiger partial charge in [-0.3, -0.25) is 0 Å². The van der Waals surface area contributed by atoms with Crippen molar-refractivity contribution in [2.45, 2.75) is 46.5 Å². The Hall–Kier alpha value is -3.99. The highest BCUT2D eigenvalue weighted by Gasteiger charge is 2.32. The van der Waals surface area contributed by atoms with Gasteiger partial charge in [-0.25, -0.2) is 9.09 Å². The van der Waals surface area contributed by atoms with Gasteiger partial charge in [0.1, 0.15) is 23.0 Å². The van der Waals surface area contributed by atoms with E-state index in [2.05, 4.69) is 13.5 Å². The zero-order valence-corrected chi connectivity index (χ0v) is 24.7. The predicted octanol–water partition coefficient (Wildman–Crippen LogP) is 9.75. The first-order valence-electron chi connectivity index (χ1n) is 13.8. The fraction of sp³-hybridized carbons (Fsp3) is 0.235. The number of hydrogen-bond acceptors (Lipinski definition) is 6. The number of allylic oxidation sites excluding steroid dienone is 1. The molecule has 0 aromatic heterocycles.